The zero-order chi connectivity index (χ0) is 14.5. The summed E-state index contributed by atoms with van der Waals surface area (Å²) in [6.07, 6.45) is 2.01. The number of halogens is 2. The second-order valence-corrected chi connectivity index (χ2v) is 5.41. The third kappa shape index (κ3) is 3.75. The molecule has 2 N–H and O–H groups in total. The summed E-state index contributed by atoms with van der Waals surface area (Å²) >= 11 is 0. The topological polar surface area (TPSA) is 38.5 Å². The molecule has 0 aliphatic carbocycles. The van der Waals surface area contributed by atoms with E-state index in [0.29, 0.717) is 11.5 Å². The summed E-state index contributed by atoms with van der Waals surface area (Å²) in [7, 11) is 1.91. The zero-order valence-corrected chi connectivity index (χ0v) is 11.8. The third-order valence-corrected chi connectivity index (χ3v) is 3.96. The van der Waals surface area contributed by atoms with Gasteiger partial charge in [0.2, 0.25) is 0 Å². The Morgan fingerprint density at radius 2 is 2.05 bits per heavy atom. The Labute approximate surface area is 118 Å². The van der Waals surface area contributed by atoms with Crippen molar-refractivity contribution in [3.05, 3.63) is 35.4 Å². The molecule has 1 fully saturated rings. The van der Waals surface area contributed by atoms with Crippen LogP contribution in [-0.2, 0) is 4.74 Å². The summed E-state index contributed by atoms with van der Waals surface area (Å²) in [5, 5.41) is 0. The molecule has 1 atom stereocenters. The van der Waals surface area contributed by atoms with E-state index >= 15 is 0 Å². The second-order valence-electron chi connectivity index (χ2n) is 5.41. The number of ether oxygens (including phenoxy) is 1. The Bertz CT molecular complexity index is 436. The molecule has 0 radical (unpaired) electrons. The highest BCUT2D eigenvalue weighted by atomic mass is 19.1. The van der Waals surface area contributed by atoms with Crippen LogP contribution in [0.1, 0.15) is 24.4 Å². The first-order valence-electron chi connectivity index (χ1n) is 7.04. The molecule has 112 valence electrons. The maximum atomic E-state index is 13.9. The lowest BCUT2D eigenvalue weighted by atomic mass is 9.97. The highest BCUT2D eigenvalue weighted by Gasteiger charge is 2.23. The molecule has 1 aromatic carbocycles. The standard InChI is InChI=1S/C15H22F2N2O/c1-19(10-11-4-6-20-7-5-11)15(9-18)13-8-12(16)2-3-14(13)17/h2-3,8,11,15H,4-7,9-10,18H2,1H3. The molecule has 0 spiro atoms. The van der Waals surface area contributed by atoms with Crippen molar-refractivity contribution in [3.63, 3.8) is 0 Å². The number of nitrogens with two attached hydrogens (primary N) is 1. The molecule has 5 heteroatoms. The number of nitrogens with zero attached hydrogens (tertiary/aromatic N) is 1. The summed E-state index contributed by atoms with van der Waals surface area (Å²) in [6, 6.07) is 3.24. The van der Waals surface area contributed by atoms with Gasteiger partial charge in [-0.25, -0.2) is 8.78 Å². The van der Waals surface area contributed by atoms with E-state index in [1.165, 1.54) is 6.07 Å². The first kappa shape index (κ1) is 15.4. The Morgan fingerprint density at radius 1 is 1.35 bits per heavy atom. The van der Waals surface area contributed by atoms with Gasteiger partial charge < -0.3 is 10.5 Å². The molecule has 1 aromatic rings. The lowest BCUT2D eigenvalue weighted by molar-refractivity contribution is 0.0505. The van der Waals surface area contributed by atoms with Gasteiger partial charge in [0.05, 0.1) is 0 Å². The quantitative estimate of drug-likeness (QED) is 0.902. The molecule has 2 rings (SSSR count). The molecule has 1 saturated heterocycles. The Balaban J connectivity index is 2.07. The number of likely N-dealkylation sites (N-methyl/N-ethyl adjacent to an activating group) is 1. The van der Waals surface area contributed by atoms with E-state index in [1.807, 2.05) is 11.9 Å². The SMILES string of the molecule is CN(CC1CCOCC1)C(CN)c1cc(F)ccc1F. The van der Waals surface area contributed by atoms with Crippen LogP contribution in [0.4, 0.5) is 8.78 Å². The summed E-state index contributed by atoms with van der Waals surface area (Å²) < 4.78 is 32.5. The van der Waals surface area contributed by atoms with Crippen molar-refractivity contribution < 1.29 is 13.5 Å². The van der Waals surface area contributed by atoms with Gasteiger partial charge in [0, 0.05) is 37.9 Å². The van der Waals surface area contributed by atoms with Crippen LogP contribution in [-0.4, -0.2) is 38.3 Å². The molecular formula is C15H22F2N2O. The predicted molar refractivity (Wildman–Crippen MR) is 74.3 cm³/mol. The van der Waals surface area contributed by atoms with Crippen LogP contribution in [0.2, 0.25) is 0 Å². The van der Waals surface area contributed by atoms with Crippen molar-refractivity contribution in [2.75, 3.05) is 33.4 Å². The van der Waals surface area contributed by atoms with Crippen LogP contribution in [0.25, 0.3) is 0 Å². The van der Waals surface area contributed by atoms with Crippen molar-refractivity contribution in [2.24, 2.45) is 11.7 Å². The summed E-state index contributed by atoms with van der Waals surface area (Å²) in [5.41, 5.74) is 6.11. The van der Waals surface area contributed by atoms with Gasteiger partial charge in [-0.2, -0.15) is 0 Å². The minimum atomic E-state index is -0.431. The maximum Gasteiger partial charge on any atom is 0.128 e. The van der Waals surface area contributed by atoms with Gasteiger partial charge in [-0.05, 0) is 44.0 Å². The molecule has 1 aliphatic heterocycles. The minimum absolute atomic E-state index is 0.264. The number of hydrogen-bond donors (Lipinski definition) is 1. The van der Waals surface area contributed by atoms with Crippen LogP contribution in [0.3, 0.4) is 0 Å². The zero-order valence-electron chi connectivity index (χ0n) is 11.8. The molecule has 1 unspecified atom stereocenters. The van der Waals surface area contributed by atoms with E-state index in [1.54, 1.807) is 0 Å². The first-order chi connectivity index (χ1) is 9.61. The fourth-order valence-corrected chi connectivity index (χ4v) is 2.78. The molecule has 1 aliphatic rings. The van der Waals surface area contributed by atoms with E-state index in [0.717, 1.165) is 44.7 Å². The van der Waals surface area contributed by atoms with Crippen LogP contribution in [0.5, 0.6) is 0 Å². The largest absolute Gasteiger partial charge is 0.381 e. The van der Waals surface area contributed by atoms with Crippen molar-refractivity contribution >= 4 is 0 Å². The average Bonchev–Trinajstić information content (AvgIpc) is 2.44. The highest BCUT2D eigenvalue weighted by molar-refractivity contribution is 5.22. The van der Waals surface area contributed by atoms with E-state index in [-0.39, 0.29) is 12.6 Å². The molecule has 20 heavy (non-hydrogen) atoms. The van der Waals surface area contributed by atoms with Gasteiger partial charge in [0.15, 0.2) is 0 Å². The number of rotatable bonds is 5. The third-order valence-electron chi connectivity index (χ3n) is 3.96. The predicted octanol–water partition coefficient (Wildman–Crippen LogP) is 2.32. The Morgan fingerprint density at radius 3 is 2.70 bits per heavy atom. The van der Waals surface area contributed by atoms with Crippen LogP contribution < -0.4 is 5.73 Å². The van der Waals surface area contributed by atoms with E-state index in [2.05, 4.69) is 0 Å². The van der Waals surface area contributed by atoms with Gasteiger partial charge in [-0.3, -0.25) is 4.90 Å². The van der Waals surface area contributed by atoms with Gasteiger partial charge in [-0.1, -0.05) is 0 Å². The smallest absolute Gasteiger partial charge is 0.128 e. The van der Waals surface area contributed by atoms with Crippen molar-refractivity contribution in [3.8, 4) is 0 Å². The van der Waals surface area contributed by atoms with Gasteiger partial charge >= 0.3 is 0 Å². The Hall–Kier alpha value is -1.04. The van der Waals surface area contributed by atoms with Gasteiger partial charge in [0.1, 0.15) is 11.6 Å². The molecule has 0 amide bonds. The molecule has 1 heterocycles. The fraction of sp³-hybridized carbons (Fsp3) is 0.600. The molecule has 3 nitrogen and oxygen atoms in total. The van der Waals surface area contributed by atoms with Crippen LogP contribution in [0.15, 0.2) is 18.2 Å². The van der Waals surface area contributed by atoms with E-state index in [4.69, 9.17) is 10.5 Å². The Kier molecular flexibility index (Phi) is 5.46. The summed E-state index contributed by atoms with van der Waals surface area (Å²) in [5.74, 6) is -0.306. The lowest BCUT2D eigenvalue weighted by Crippen LogP contribution is -2.36. The van der Waals surface area contributed by atoms with Crippen LogP contribution in [0, 0.1) is 17.6 Å². The van der Waals surface area contributed by atoms with Crippen molar-refractivity contribution in [2.45, 2.75) is 18.9 Å². The highest BCUT2D eigenvalue weighted by Crippen LogP contribution is 2.25. The fourth-order valence-electron chi connectivity index (χ4n) is 2.78. The summed E-state index contributed by atoms with van der Waals surface area (Å²) in [6.45, 7) is 2.64. The maximum absolute atomic E-state index is 13.9. The summed E-state index contributed by atoms with van der Waals surface area (Å²) in [4.78, 5) is 2.02. The monoisotopic (exact) mass is 284 g/mol. The van der Waals surface area contributed by atoms with E-state index in [9.17, 15) is 8.78 Å². The van der Waals surface area contributed by atoms with Gasteiger partial charge in [-0.15, -0.1) is 0 Å². The normalized spacial score (nSPS) is 18.4. The molecule has 0 bridgehead atoms. The first-order valence-corrected chi connectivity index (χ1v) is 7.04. The molecule has 0 aromatic heterocycles. The number of hydrogen-bond acceptors (Lipinski definition) is 3. The van der Waals surface area contributed by atoms with E-state index < -0.39 is 11.6 Å². The number of benzene rings is 1. The molecule has 0 saturated carbocycles. The lowest BCUT2D eigenvalue weighted by Gasteiger charge is -2.32. The van der Waals surface area contributed by atoms with Crippen molar-refractivity contribution in [1.29, 1.82) is 0 Å². The van der Waals surface area contributed by atoms with Gasteiger partial charge in [0.25, 0.3) is 0 Å². The molecular weight excluding hydrogens is 262 g/mol. The minimum Gasteiger partial charge on any atom is -0.381 e. The second kappa shape index (κ2) is 7.11. The average molecular weight is 284 g/mol. The van der Waals surface area contributed by atoms with Crippen LogP contribution >= 0.6 is 0 Å². The van der Waals surface area contributed by atoms with Crippen molar-refractivity contribution in [1.82, 2.24) is 4.90 Å².